The fourth-order valence-electron chi connectivity index (χ4n) is 3.92. The van der Waals surface area contributed by atoms with E-state index in [9.17, 15) is 9.59 Å². The molecule has 2 saturated heterocycles. The van der Waals surface area contributed by atoms with Crippen LogP contribution in [0.5, 0.6) is 0 Å². The molecule has 2 aromatic rings. The molecule has 2 aliphatic heterocycles. The first-order valence-electron chi connectivity index (χ1n) is 10.9. The molecule has 170 valence electrons. The Bertz CT molecular complexity index is 919. The zero-order chi connectivity index (χ0) is 22.5. The number of hydrogen-bond acceptors (Lipinski definition) is 5. The van der Waals surface area contributed by atoms with Crippen molar-refractivity contribution in [1.82, 2.24) is 10.6 Å². The molecule has 0 radical (unpaired) electrons. The number of hydrogen-bond donors (Lipinski definition) is 3. The second-order valence-corrected chi connectivity index (χ2v) is 8.36. The van der Waals surface area contributed by atoms with Crippen LogP contribution < -0.4 is 16.0 Å². The number of nitrogens with one attached hydrogen (secondary N) is 3. The van der Waals surface area contributed by atoms with Crippen LogP contribution in [0.15, 0.2) is 54.6 Å². The number of urea groups is 1. The van der Waals surface area contributed by atoms with E-state index in [1.54, 1.807) is 0 Å². The average molecular weight is 440 g/mol. The van der Waals surface area contributed by atoms with E-state index < -0.39 is 18.3 Å². The number of fused-ring (bicyclic) bond motifs is 1. The normalized spacial score (nSPS) is 24.1. The van der Waals surface area contributed by atoms with Crippen LogP contribution in [-0.4, -0.2) is 49.7 Å². The van der Waals surface area contributed by atoms with Crippen LogP contribution in [0, 0.1) is 0 Å². The lowest BCUT2D eigenvalue weighted by atomic mass is 10.0. The Hall–Kier alpha value is -3.10. The second kappa shape index (κ2) is 10.0. The van der Waals surface area contributed by atoms with Gasteiger partial charge < -0.3 is 24.8 Å². The van der Waals surface area contributed by atoms with Crippen molar-refractivity contribution < 1.29 is 23.8 Å². The van der Waals surface area contributed by atoms with Crippen molar-refractivity contribution in [3.8, 4) is 0 Å². The van der Waals surface area contributed by atoms with Gasteiger partial charge in [0, 0.05) is 12.2 Å². The molecule has 32 heavy (non-hydrogen) atoms. The first-order valence-corrected chi connectivity index (χ1v) is 10.9. The lowest BCUT2D eigenvalue weighted by molar-refractivity contribution is 0.00872. The van der Waals surface area contributed by atoms with Crippen molar-refractivity contribution in [2.75, 3.05) is 18.5 Å². The van der Waals surface area contributed by atoms with E-state index in [-0.39, 0.29) is 24.8 Å². The van der Waals surface area contributed by atoms with Crippen molar-refractivity contribution in [3.63, 3.8) is 0 Å². The molecule has 2 heterocycles. The number of carbonyl (C=O) groups is 2. The number of benzene rings is 2. The zero-order valence-corrected chi connectivity index (χ0v) is 18.2. The highest BCUT2D eigenvalue weighted by Crippen LogP contribution is 2.29. The van der Waals surface area contributed by atoms with Gasteiger partial charge in [0.05, 0.1) is 19.3 Å². The Balaban J connectivity index is 1.23. The van der Waals surface area contributed by atoms with Gasteiger partial charge in [-0.1, -0.05) is 56.3 Å². The van der Waals surface area contributed by atoms with Crippen LogP contribution >= 0.6 is 0 Å². The summed E-state index contributed by atoms with van der Waals surface area (Å²) in [4.78, 5) is 24.6. The monoisotopic (exact) mass is 439 g/mol. The van der Waals surface area contributed by atoms with Gasteiger partial charge in [0.1, 0.15) is 12.2 Å². The molecule has 3 amide bonds. The highest BCUT2D eigenvalue weighted by molar-refractivity contribution is 5.84. The Kier molecular flexibility index (Phi) is 6.92. The molecule has 0 aliphatic carbocycles. The molecule has 4 atom stereocenters. The summed E-state index contributed by atoms with van der Waals surface area (Å²) in [5.41, 5.74) is 2.87. The van der Waals surface area contributed by atoms with E-state index >= 15 is 0 Å². The highest BCUT2D eigenvalue weighted by atomic mass is 16.6. The summed E-state index contributed by atoms with van der Waals surface area (Å²) >= 11 is 0. The molecule has 2 fully saturated rings. The summed E-state index contributed by atoms with van der Waals surface area (Å²) in [6.45, 7) is 5.18. The standard InChI is InChI=1S/C24H29N3O5/c1-15(2)17-8-10-18(11-9-17)26-24(29)32-20-14-31-21-19(13-30-22(20)21)27-23(28)25-12-16-6-4-3-5-7-16/h3-11,15,19-22H,12-14H2,1-2H3,(H,26,29)(H2,25,27,28). The molecule has 0 saturated carbocycles. The molecule has 3 N–H and O–H groups in total. The topological polar surface area (TPSA) is 97.9 Å². The van der Waals surface area contributed by atoms with Crippen molar-refractivity contribution >= 4 is 17.8 Å². The van der Waals surface area contributed by atoms with E-state index in [4.69, 9.17) is 14.2 Å². The fourth-order valence-corrected chi connectivity index (χ4v) is 3.92. The predicted octanol–water partition coefficient (Wildman–Crippen LogP) is 3.39. The van der Waals surface area contributed by atoms with Crippen molar-refractivity contribution in [3.05, 3.63) is 65.7 Å². The van der Waals surface area contributed by atoms with Crippen molar-refractivity contribution in [2.24, 2.45) is 0 Å². The van der Waals surface area contributed by atoms with Gasteiger partial charge in [-0.2, -0.15) is 0 Å². The van der Waals surface area contributed by atoms with Gasteiger partial charge in [0.25, 0.3) is 0 Å². The number of carbonyl (C=O) groups excluding carboxylic acids is 2. The average Bonchev–Trinajstić information content (AvgIpc) is 3.37. The Morgan fingerprint density at radius 3 is 2.44 bits per heavy atom. The van der Waals surface area contributed by atoms with Crippen LogP contribution in [0.25, 0.3) is 0 Å². The first kappa shape index (κ1) is 22.1. The maximum absolute atomic E-state index is 12.3. The number of anilines is 1. The number of rotatable bonds is 6. The van der Waals surface area contributed by atoms with E-state index in [0.29, 0.717) is 24.8 Å². The first-order chi connectivity index (χ1) is 15.5. The SMILES string of the molecule is CC(C)c1ccc(NC(=O)OC2COC3C(NC(=O)NCc4ccccc4)COC23)cc1. The summed E-state index contributed by atoms with van der Waals surface area (Å²) < 4.78 is 17.1. The van der Waals surface area contributed by atoms with Crippen LogP contribution in [0.2, 0.25) is 0 Å². The van der Waals surface area contributed by atoms with Crippen LogP contribution in [0.4, 0.5) is 15.3 Å². The van der Waals surface area contributed by atoms with Crippen LogP contribution in [0.3, 0.4) is 0 Å². The lowest BCUT2D eigenvalue weighted by Gasteiger charge is -2.18. The smallest absolute Gasteiger partial charge is 0.412 e. The molecular weight excluding hydrogens is 410 g/mol. The van der Waals surface area contributed by atoms with Gasteiger partial charge in [0.2, 0.25) is 0 Å². The van der Waals surface area contributed by atoms with E-state index in [1.165, 1.54) is 5.56 Å². The van der Waals surface area contributed by atoms with Crippen molar-refractivity contribution in [1.29, 1.82) is 0 Å². The molecule has 2 aromatic carbocycles. The molecular formula is C24H29N3O5. The molecule has 0 bridgehead atoms. The molecule has 4 unspecified atom stereocenters. The molecule has 4 rings (SSSR count). The Morgan fingerprint density at radius 1 is 1.00 bits per heavy atom. The minimum Gasteiger partial charge on any atom is -0.441 e. The maximum Gasteiger partial charge on any atom is 0.412 e. The molecule has 0 aromatic heterocycles. The van der Waals surface area contributed by atoms with Crippen molar-refractivity contribution in [2.45, 2.75) is 50.7 Å². The minimum atomic E-state index is -0.558. The number of ether oxygens (including phenoxy) is 3. The highest BCUT2D eigenvalue weighted by Gasteiger charge is 2.50. The Labute approximate surface area is 187 Å². The lowest BCUT2D eigenvalue weighted by Crippen LogP contribution is -2.48. The second-order valence-electron chi connectivity index (χ2n) is 8.36. The van der Waals surface area contributed by atoms with Gasteiger partial charge in [-0.25, -0.2) is 9.59 Å². The minimum absolute atomic E-state index is 0.221. The third-order valence-electron chi connectivity index (χ3n) is 5.70. The van der Waals surface area contributed by atoms with Crippen LogP contribution in [0.1, 0.15) is 30.9 Å². The van der Waals surface area contributed by atoms with Gasteiger partial charge in [-0.15, -0.1) is 0 Å². The third kappa shape index (κ3) is 5.38. The van der Waals surface area contributed by atoms with Gasteiger partial charge in [0.15, 0.2) is 6.10 Å². The summed E-state index contributed by atoms with van der Waals surface area (Å²) in [5, 5.41) is 8.46. The zero-order valence-electron chi connectivity index (χ0n) is 18.2. The molecule has 8 heteroatoms. The van der Waals surface area contributed by atoms with Gasteiger partial charge >= 0.3 is 12.1 Å². The summed E-state index contributed by atoms with van der Waals surface area (Å²) in [6, 6.07) is 16.7. The van der Waals surface area contributed by atoms with Gasteiger partial charge in [-0.05, 0) is 29.2 Å². The van der Waals surface area contributed by atoms with Gasteiger partial charge in [-0.3, -0.25) is 5.32 Å². The third-order valence-corrected chi connectivity index (χ3v) is 5.70. The largest absolute Gasteiger partial charge is 0.441 e. The maximum atomic E-state index is 12.3. The fraction of sp³-hybridized carbons (Fsp3) is 0.417. The summed E-state index contributed by atoms with van der Waals surface area (Å²) in [6.07, 6.45) is -1.87. The quantitative estimate of drug-likeness (QED) is 0.641. The van der Waals surface area contributed by atoms with E-state index in [2.05, 4.69) is 29.8 Å². The van der Waals surface area contributed by atoms with Crippen LogP contribution in [-0.2, 0) is 20.8 Å². The molecule has 8 nitrogen and oxygen atoms in total. The van der Waals surface area contributed by atoms with E-state index in [0.717, 1.165) is 5.56 Å². The van der Waals surface area contributed by atoms with E-state index in [1.807, 2.05) is 54.6 Å². The summed E-state index contributed by atoms with van der Waals surface area (Å²) in [5.74, 6) is 0.421. The number of amides is 3. The Morgan fingerprint density at radius 2 is 1.72 bits per heavy atom. The predicted molar refractivity (Wildman–Crippen MR) is 120 cm³/mol. The molecule has 0 spiro atoms. The summed E-state index contributed by atoms with van der Waals surface area (Å²) in [7, 11) is 0. The molecule has 2 aliphatic rings.